The summed E-state index contributed by atoms with van der Waals surface area (Å²) in [7, 11) is 0. The number of nitrogens with one attached hydrogen (secondary N) is 1. The lowest BCUT2D eigenvalue weighted by atomic mass is 10.1. The van der Waals surface area contributed by atoms with Crippen molar-refractivity contribution in [3.63, 3.8) is 0 Å². The van der Waals surface area contributed by atoms with E-state index in [1.807, 2.05) is 60.8 Å². The topological polar surface area (TPSA) is 59.3 Å². The fraction of sp³-hybridized carbons (Fsp3) is 0. The minimum atomic E-state index is -0.149. The van der Waals surface area contributed by atoms with Crippen LogP contribution in [0.1, 0.15) is 21.6 Å². The van der Waals surface area contributed by atoms with E-state index in [0.29, 0.717) is 16.9 Å². The molecule has 0 saturated carbocycles. The second-order valence-corrected chi connectivity index (χ2v) is 5.60. The standard InChI is InChI=1S/C21H14N4O/c26-21(17-6-2-1-3-7-17)24-19-8-4-5-16(15-19)9-10-18-12-14-25-20(23-18)11-13-22-25/h1-8,11-15H,(H,24,26). The summed E-state index contributed by atoms with van der Waals surface area (Å²) in [5.74, 6) is 5.97. The number of benzene rings is 2. The second-order valence-electron chi connectivity index (χ2n) is 5.60. The van der Waals surface area contributed by atoms with Crippen molar-refractivity contribution in [3.05, 3.63) is 95.9 Å². The van der Waals surface area contributed by atoms with Gasteiger partial charge >= 0.3 is 0 Å². The maximum Gasteiger partial charge on any atom is 0.255 e. The van der Waals surface area contributed by atoms with Crippen molar-refractivity contribution >= 4 is 17.2 Å². The van der Waals surface area contributed by atoms with Gasteiger partial charge in [0, 0.05) is 29.1 Å². The SMILES string of the molecule is O=C(Nc1cccc(C#Cc2ccn3nccc3n2)c1)c1ccccc1. The van der Waals surface area contributed by atoms with Crippen LogP contribution in [-0.4, -0.2) is 20.5 Å². The van der Waals surface area contributed by atoms with Crippen LogP contribution in [0.2, 0.25) is 0 Å². The van der Waals surface area contributed by atoms with Gasteiger partial charge in [-0.15, -0.1) is 0 Å². The van der Waals surface area contributed by atoms with Crippen LogP contribution in [0.25, 0.3) is 5.65 Å². The zero-order chi connectivity index (χ0) is 17.8. The third-order valence-corrected chi connectivity index (χ3v) is 3.75. The third kappa shape index (κ3) is 3.45. The molecule has 0 spiro atoms. The minimum absolute atomic E-state index is 0.149. The van der Waals surface area contributed by atoms with Crippen molar-refractivity contribution in [1.82, 2.24) is 14.6 Å². The molecule has 4 aromatic rings. The molecule has 0 radical (unpaired) electrons. The van der Waals surface area contributed by atoms with Crippen LogP contribution < -0.4 is 5.32 Å². The molecule has 1 amide bonds. The molecule has 2 aromatic heterocycles. The van der Waals surface area contributed by atoms with Crippen LogP contribution in [0, 0.1) is 11.8 Å². The first-order valence-electron chi connectivity index (χ1n) is 8.07. The molecule has 4 rings (SSSR count). The molecule has 0 saturated heterocycles. The van der Waals surface area contributed by atoms with Gasteiger partial charge in [0.15, 0.2) is 5.65 Å². The molecular weight excluding hydrogens is 324 g/mol. The molecule has 5 nitrogen and oxygen atoms in total. The normalized spacial score (nSPS) is 10.2. The first-order valence-corrected chi connectivity index (χ1v) is 8.07. The zero-order valence-corrected chi connectivity index (χ0v) is 13.8. The summed E-state index contributed by atoms with van der Waals surface area (Å²) in [5, 5.41) is 6.99. The lowest BCUT2D eigenvalue weighted by molar-refractivity contribution is 0.102. The first-order chi connectivity index (χ1) is 12.8. The van der Waals surface area contributed by atoms with Gasteiger partial charge in [-0.2, -0.15) is 5.10 Å². The van der Waals surface area contributed by atoms with Gasteiger partial charge in [-0.1, -0.05) is 30.2 Å². The van der Waals surface area contributed by atoms with E-state index in [2.05, 4.69) is 27.2 Å². The van der Waals surface area contributed by atoms with Gasteiger partial charge in [0.1, 0.15) is 5.69 Å². The van der Waals surface area contributed by atoms with E-state index < -0.39 is 0 Å². The van der Waals surface area contributed by atoms with E-state index in [0.717, 1.165) is 11.2 Å². The van der Waals surface area contributed by atoms with Gasteiger partial charge in [0.05, 0.1) is 6.20 Å². The molecule has 0 aliphatic heterocycles. The fourth-order valence-corrected chi connectivity index (χ4v) is 2.49. The van der Waals surface area contributed by atoms with Gasteiger partial charge < -0.3 is 5.32 Å². The Labute approximate surface area is 150 Å². The number of carbonyl (C=O) groups excluding carboxylic acids is 1. The Morgan fingerprint density at radius 1 is 0.962 bits per heavy atom. The van der Waals surface area contributed by atoms with Crippen LogP contribution in [0.5, 0.6) is 0 Å². The smallest absolute Gasteiger partial charge is 0.255 e. The highest BCUT2D eigenvalue weighted by Gasteiger charge is 2.05. The molecule has 2 aromatic carbocycles. The molecule has 0 unspecified atom stereocenters. The summed E-state index contributed by atoms with van der Waals surface area (Å²) >= 11 is 0. The monoisotopic (exact) mass is 338 g/mol. The van der Waals surface area contributed by atoms with Crippen LogP contribution in [-0.2, 0) is 0 Å². The Bertz CT molecular complexity index is 1140. The number of anilines is 1. The van der Waals surface area contributed by atoms with Gasteiger partial charge in [-0.3, -0.25) is 4.79 Å². The largest absolute Gasteiger partial charge is 0.322 e. The predicted molar refractivity (Wildman–Crippen MR) is 99.8 cm³/mol. The molecule has 0 aliphatic carbocycles. The van der Waals surface area contributed by atoms with E-state index in [1.54, 1.807) is 22.8 Å². The number of amides is 1. The number of nitrogens with zero attached hydrogens (tertiary/aromatic N) is 3. The van der Waals surface area contributed by atoms with Crippen LogP contribution in [0.3, 0.4) is 0 Å². The van der Waals surface area contributed by atoms with E-state index in [9.17, 15) is 4.79 Å². The lowest BCUT2D eigenvalue weighted by Gasteiger charge is -2.05. The van der Waals surface area contributed by atoms with Gasteiger partial charge in [0.25, 0.3) is 5.91 Å². The number of hydrogen-bond acceptors (Lipinski definition) is 3. The van der Waals surface area contributed by atoms with Crippen LogP contribution >= 0.6 is 0 Å². The van der Waals surface area contributed by atoms with Crippen LogP contribution in [0.4, 0.5) is 5.69 Å². The molecule has 2 heterocycles. The van der Waals surface area contributed by atoms with Crippen molar-refractivity contribution < 1.29 is 4.79 Å². The van der Waals surface area contributed by atoms with Crippen molar-refractivity contribution in [1.29, 1.82) is 0 Å². The Kier molecular flexibility index (Phi) is 4.15. The summed E-state index contributed by atoms with van der Waals surface area (Å²) in [4.78, 5) is 16.7. The van der Waals surface area contributed by atoms with E-state index in [4.69, 9.17) is 0 Å². The highest BCUT2D eigenvalue weighted by Crippen LogP contribution is 2.12. The summed E-state index contributed by atoms with van der Waals surface area (Å²) in [5.41, 5.74) is 3.52. The van der Waals surface area contributed by atoms with Crippen LogP contribution in [0.15, 0.2) is 79.1 Å². The van der Waals surface area contributed by atoms with Crippen molar-refractivity contribution in [2.24, 2.45) is 0 Å². The van der Waals surface area contributed by atoms with Gasteiger partial charge in [0.2, 0.25) is 0 Å². The van der Waals surface area contributed by atoms with E-state index in [1.165, 1.54) is 0 Å². The van der Waals surface area contributed by atoms with Crippen molar-refractivity contribution in [2.75, 3.05) is 5.32 Å². The molecule has 0 aliphatic rings. The highest BCUT2D eigenvalue weighted by atomic mass is 16.1. The number of rotatable bonds is 2. The maximum atomic E-state index is 12.2. The molecule has 1 N–H and O–H groups in total. The van der Waals surface area contributed by atoms with Gasteiger partial charge in [-0.25, -0.2) is 9.50 Å². The summed E-state index contributed by atoms with van der Waals surface area (Å²) in [6.45, 7) is 0. The molecule has 124 valence electrons. The average Bonchev–Trinajstić information content (AvgIpc) is 3.15. The quantitative estimate of drug-likeness (QED) is 0.570. The second kappa shape index (κ2) is 6.91. The van der Waals surface area contributed by atoms with Gasteiger partial charge in [-0.05, 0) is 42.3 Å². The molecular formula is C21H14N4O. The Balaban J connectivity index is 1.53. The lowest BCUT2D eigenvalue weighted by Crippen LogP contribution is -2.11. The minimum Gasteiger partial charge on any atom is -0.322 e. The Morgan fingerprint density at radius 3 is 2.73 bits per heavy atom. The maximum absolute atomic E-state index is 12.2. The summed E-state index contributed by atoms with van der Waals surface area (Å²) in [6, 6.07) is 20.2. The van der Waals surface area contributed by atoms with E-state index in [-0.39, 0.29) is 5.91 Å². The summed E-state index contributed by atoms with van der Waals surface area (Å²) in [6.07, 6.45) is 3.52. The third-order valence-electron chi connectivity index (χ3n) is 3.75. The summed E-state index contributed by atoms with van der Waals surface area (Å²) < 4.78 is 1.69. The average molecular weight is 338 g/mol. The predicted octanol–water partition coefficient (Wildman–Crippen LogP) is 3.38. The molecule has 5 heteroatoms. The first kappa shape index (κ1) is 15.6. The van der Waals surface area contributed by atoms with Crippen molar-refractivity contribution in [3.8, 4) is 11.8 Å². The number of fused-ring (bicyclic) bond motifs is 1. The van der Waals surface area contributed by atoms with Crippen molar-refractivity contribution in [2.45, 2.75) is 0 Å². The molecule has 0 atom stereocenters. The highest BCUT2D eigenvalue weighted by molar-refractivity contribution is 6.04. The number of aromatic nitrogens is 3. The molecule has 0 bridgehead atoms. The number of hydrogen-bond donors (Lipinski definition) is 1. The molecule has 0 fully saturated rings. The van der Waals surface area contributed by atoms with E-state index >= 15 is 0 Å². The molecule has 26 heavy (non-hydrogen) atoms. The zero-order valence-electron chi connectivity index (χ0n) is 13.8. The Morgan fingerprint density at radius 2 is 1.85 bits per heavy atom. The Hall–Kier alpha value is -3.91. The number of carbonyl (C=O) groups is 1. The fourth-order valence-electron chi connectivity index (χ4n) is 2.49.